The molecule has 3 aromatic rings. The lowest BCUT2D eigenvalue weighted by Crippen LogP contribution is -2.24. The number of thioether (sulfide) groups is 2. The van der Waals surface area contributed by atoms with Crippen LogP contribution in [0.5, 0.6) is 17.2 Å². The van der Waals surface area contributed by atoms with Gasteiger partial charge >= 0.3 is 0 Å². The monoisotopic (exact) mass is 573 g/mol. The first kappa shape index (κ1) is 27.6. The summed E-state index contributed by atoms with van der Waals surface area (Å²) in [6.07, 6.45) is 1.43. The Bertz CT molecular complexity index is 1300. The molecular weight excluding hydrogens is 550 g/mol. The van der Waals surface area contributed by atoms with Gasteiger partial charge in [0.2, 0.25) is 0 Å². The number of methoxy groups -OCH3 is 1. The lowest BCUT2D eigenvalue weighted by molar-refractivity contribution is -0.384. The number of carbonyl (C=O) groups excluding carboxylic acids is 1. The molecule has 4 rings (SSSR count). The summed E-state index contributed by atoms with van der Waals surface area (Å²) in [5.74, 6) is 3.21. The number of amides is 1. The molecule has 198 valence electrons. The molecule has 38 heavy (non-hydrogen) atoms. The van der Waals surface area contributed by atoms with E-state index in [0.717, 1.165) is 17.1 Å². The summed E-state index contributed by atoms with van der Waals surface area (Å²) in [5.41, 5.74) is 4.98. The van der Waals surface area contributed by atoms with Crippen LogP contribution in [-0.4, -0.2) is 42.3 Å². The third-order valence-electron chi connectivity index (χ3n) is 5.33. The molecule has 0 spiro atoms. The minimum absolute atomic E-state index is 0.00150. The summed E-state index contributed by atoms with van der Waals surface area (Å²) in [5, 5.41) is 15.0. The van der Waals surface area contributed by atoms with Gasteiger partial charge in [0.1, 0.15) is 12.4 Å². The van der Waals surface area contributed by atoms with Gasteiger partial charge in [-0.25, -0.2) is 5.43 Å². The molecule has 3 aromatic carbocycles. The van der Waals surface area contributed by atoms with E-state index >= 15 is 0 Å². The number of nitro groups is 1. The molecule has 1 aliphatic heterocycles. The molecule has 1 heterocycles. The van der Waals surface area contributed by atoms with Gasteiger partial charge in [-0.1, -0.05) is 23.7 Å². The molecule has 0 aromatic heterocycles. The Balaban J connectivity index is 1.28. The predicted octanol–water partition coefficient (Wildman–Crippen LogP) is 5.84. The zero-order valence-electron chi connectivity index (χ0n) is 20.3. The summed E-state index contributed by atoms with van der Waals surface area (Å²) in [6.45, 7) is -0.0398. The first-order valence-corrected chi connectivity index (χ1v) is 13.9. The van der Waals surface area contributed by atoms with Crippen LogP contribution < -0.4 is 19.6 Å². The van der Waals surface area contributed by atoms with Gasteiger partial charge < -0.3 is 14.2 Å². The van der Waals surface area contributed by atoms with E-state index in [4.69, 9.17) is 25.8 Å². The molecule has 0 aliphatic carbocycles. The fourth-order valence-corrected chi connectivity index (χ4v) is 6.59. The number of hydrogen-bond acceptors (Lipinski definition) is 9. The van der Waals surface area contributed by atoms with Crippen molar-refractivity contribution in [2.75, 3.05) is 25.2 Å². The molecule has 1 amide bonds. The topological polar surface area (TPSA) is 112 Å². The third-order valence-corrected chi connectivity index (χ3v) is 8.71. The highest BCUT2D eigenvalue weighted by Crippen LogP contribution is 2.45. The minimum Gasteiger partial charge on any atom is -0.493 e. The molecular formula is C26H24ClN3O6S2. The fourth-order valence-electron chi connectivity index (χ4n) is 3.46. The molecule has 0 atom stereocenters. The number of carbonyl (C=O) groups is 1. The zero-order chi connectivity index (χ0) is 26.9. The minimum atomic E-state index is -0.464. The van der Waals surface area contributed by atoms with Crippen LogP contribution in [0.4, 0.5) is 5.69 Å². The highest BCUT2D eigenvalue weighted by molar-refractivity contribution is 8.19. The number of ether oxygens (including phenoxy) is 3. The van der Waals surface area contributed by atoms with Gasteiger partial charge in [0, 0.05) is 23.6 Å². The van der Waals surface area contributed by atoms with Gasteiger partial charge in [-0.3, -0.25) is 14.9 Å². The maximum absolute atomic E-state index is 12.1. The standard InChI is InChI=1S/C26H24ClN3O6S2/c1-34-23-13-18(12-22(27)25(23)36-15-17-2-6-20(7-3-17)30(32)33)14-28-29-24(31)16-35-21-8-4-19(5-9-21)26-37-10-11-38-26/h2-9,12-14,26H,10-11,15-16H2,1H3,(H,29,31)/b28-14-. The molecule has 9 nitrogen and oxygen atoms in total. The average molecular weight is 574 g/mol. The van der Waals surface area contributed by atoms with Crippen LogP contribution in [-0.2, 0) is 11.4 Å². The first-order chi connectivity index (χ1) is 18.4. The average Bonchev–Trinajstić information content (AvgIpc) is 3.47. The largest absolute Gasteiger partial charge is 0.493 e. The van der Waals surface area contributed by atoms with Gasteiger partial charge in [-0.05, 0) is 53.1 Å². The van der Waals surface area contributed by atoms with Crippen molar-refractivity contribution in [2.45, 2.75) is 11.2 Å². The number of benzene rings is 3. The van der Waals surface area contributed by atoms with E-state index in [-0.39, 0.29) is 23.9 Å². The first-order valence-electron chi connectivity index (χ1n) is 11.4. The Morgan fingerprint density at radius 1 is 1.13 bits per heavy atom. The molecule has 0 bridgehead atoms. The third kappa shape index (κ3) is 7.56. The maximum atomic E-state index is 12.1. The molecule has 0 radical (unpaired) electrons. The Labute approximate surface area is 233 Å². The Morgan fingerprint density at radius 2 is 1.84 bits per heavy atom. The Morgan fingerprint density at radius 3 is 2.50 bits per heavy atom. The molecule has 0 unspecified atom stereocenters. The summed E-state index contributed by atoms with van der Waals surface area (Å²) in [7, 11) is 1.47. The highest BCUT2D eigenvalue weighted by atomic mass is 35.5. The van der Waals surface area contributed by atoms with Crippen LogP contribution in [0.15, 0.2) is 65.8 Å². The van der Waals surface area contributed by atoms with Crippen molar-refractivity contribution in [1.82, 2.24) is 5.43 Å². The SMILES string of the molecule is COc1cc(/C=N\NC(=O)COc2ccc(C3SCCS3)cc2)cc(Cl)c1OCc1ccc([N+](=O)[O-])cc1. The van der Waals surface area contributed by atoms with Crippen molar-refractivity contribution in [3.63, 3.8) is 0 Å². The smallest absolute Gasteiger partial charge is 0.277 e. The van der Waals surface area contributed by atoms with Crippen LogP contribution in [0.3, 0.4) is 0 Å². The number of halogens is 1. The number of rotatable bonds is 11. The van der Waals surface area contributed by atoms with Gasteiger partial charge in [-0.2, -0.15) is 5.10 Å². The molecule has 1 N–H and O–H groups in total. The number of nitrogens with one attached hydrogen (secondary N) is 1. The quantitative estimate of drug-likeness (QED) is 0.173. The van der Waals surface area contributed by atoms with Crippen LogP contribution in [0.1, 0.15) is 21.3 Å². The van der Waals surface area contributed by atoms with Crippen molar-refractivity contribution in [2.24, 2.45) is 5.10 Å². The van der Waals surface area contributed by atoms with Crippen molar-refractivity contribution in [1.29, 1.82) is 0 Å². The van der Waals surface area contributed by atoms with Gasteiger partial charge in [0.05, 0.1) is 27.9 Å². The Hall–Kier alpha value is -3.41. The van der Waals surface area contributed by atoms with E-state index in [1.165, 1.54) is 31.0 Å². The van der Waals surface area contributed by atoms with E-state index in [0.29, 0.717) is 27.4 Å². The van der Waals surface area contributed by atoms with E-state index in [9.17, 15) is 14.9 Å². The van der Waals surface area contributed by atoms with E-state index in [2.05, 4.69) is 10.5 Å². The number of non-ortho nitro benzene ring substituents is 1. The molecule has 1 fully saturated rings. The zero-order valence-corrected chi connectivity index (χ0v) is 22.7. The predicted molar refractivity (Wildman–Crippen MR) is 151 cm³/mol. The Kier molecular flexibility index (Phi) is 9.74. The highest BCUT2D eigenvalue weighted by Gasteiger charge is 2.18. The normalized spacial score (nSPS) is 13.4. The van der Waals surface area contributed by atoms with Crippen LogP contribution in [0.25, 0.3) is 0 Å². The molecule has 1 aliphatic rings. The van der Waals surface area contributed by atoms with Crippen LogP contribution >= 0.6 is 35.1 Å². The lowest BCUT2D eigenvalue weighted by atomic mass is 10.2. The van der Waals surface area contributed by atoms with Crippen LogP contribution in [0, 0.1) is 10.1 Å². The van der Waals surface area contributed by atoms with Gasteiger partial charge in [0.25, 0.3) is 11.6 Å². The molecule has 12 heteroatoms. The van der Waals surface area contributed by atoms with Crippen molar-refractivity contribution < 1.29 is 23.9 Å². The molecule has 1 saturated heterocycles. The van der Waals surface area contributed by atoms with Gasteiger partial charge in [-0.15, -0.1) is 23.5 Å². The van der Waals surface area contributed by atoms with Crippen molar-refractivity contribution in [3.05, 3.63) is 92.5 Å². The summed E-state index contributed by atoms with van der Waals surface area (Å²) in [4.78, 5) is 22.5. The molecule has 0 saturated carbocycles. The van der Waals surface area contributed by atoms with Crippen molar-refractivity contribution in [3.8, 4) is 17.2 Å². The van der Waals surface area contributed by atoms with Crippen LogP contribution in [0.2, 0.25) is 5.02 Å². The number of hydrogen-bond donors (Lipinski definition) is 1. The number of nitro benzene ring substituents is 1. The second-order valence-electron chi connectivity index (χ2n) is 7.97. The fraction of sp³-hybridized carbons (Fsp3) is 0.231. The second kappa shape index (κ2) is 13.4. The van der Waals surface area contributed by atoms with Gasteiger partial charge in [0.15, 0.2) is 18.1 Å². The summed E-state index contributed by atoms with van der Waals surface area (Å²) >= 11 is 10.3. The van der Waals surface area contributed by atoms with E-state index in [1.54, 1.807) is 24.3 Å². The maximum Gasteiger partial charge on any atom is 0.277 e. The number of hydrazone groups is 1. The van der Waals surface area contributed by atoms with E-state index < -0.39 is 10.8 Å². The van der Waals surface area contributed by atoms with Crippen molar-refractivity contribution >= 4 is 52.9 Å². The second-order valence-corrected chi connectivity index (χ2v) is 11.1. The lowest BCUT2D eigenvalue weighted by Gasteiger charge is -2.13. The summed E-state index contributed by atoms with van der Waals surface area (Å²) < 4.78 is 17.2. The number of nitrogens with zero attached hydrogens (tertiary/aromatic N) is 2. The summed E-state index contributed by atoms with van der Waals surface area (Å²) in [6, 6.07) is 17.1. The van der Waals surface area contributed by atoms with E-state index in [1.807, 2.05) is 47.8 Å².